The second-order valence-electron chi connectivity index (χ2n) is 8.96. The van der Waals surface area contributed by atoms with Gasteiger partial charge in [-0.3, -0.25) is 4.79 Å². The van der Waals surface area contributed by atoms with Gasteiger partial charge in [0, 0.05) is 0 Å². The summed E-state index contributed by atoms with van der Waals surface area (Å²) in [5, 5.41) is 4.43. The molecule has 0 bridgehead atoms. The van der Waals surface area contributed by atoms with Crippen LogP contribution in [0.25, 0.3) is 0 Å². The number of carbonyl (C=O) groups excluding carboxylic acids is 1. The molecule has 3 rings (SSSR count). The highest BCUT2D eigenvalue weighted by Crippen LogP contribution is 2.36. The third-order valence-electron chi connectivity index (χ3n) is 5.21. The molecule has 2 aromatic carbocycles. The van der Waals surface area contributed by atoms with Gasteiger partial charge < -0.3 is 14.2 Å². The average Bonchev–Trinajstić information content (AvgIpc) is 3.10. The number of nitrogens with zero attached hydrogens (tertiary/aromatic N) is 2. The number of carbonyl (C=O) groups is 1. The summed E-state index contributed by atoms with van der Waals surface area (Å²) in [4.78, 5) is 12.9. The van der Waals surface area contributed by atoms with Crippen LogP contribution in [0.1, 0.15) is 37.6 Å². The zero-order valence-corrected chi connectivity index (χ0v) is 21.3. The minimum absolute atomic E-state index is 0.0985. The van der Waals surface area contributed by atoms with E-state index in [0.717, 1.165) is 5.56 Å². The van der Waals surface area contributed by atoms with E-state index in [4.69, 9.17) is 14.2 Å². The van der Waals surface area contributed by atoms with Crippen molar-refractivity contribution >= 4 is 15.8 Å². The van der Waals surface area contributed by atoms with E-state index in [9.17, 15) is 13.2 Å². The van der Waals surface area contributed by atoms with E-state index in [1.807, 2.05) is 27.7 Å². The van der Waals surface area contributed by atoms with Crippen LogP contribution >= 0.6 is 0 Å². The van der Waals surface area contributed by atoms with Crippen LogP contribution in [0.3, 0.4) is 0 Å². The highest BCUT2D eigenvalue weighted by atomic mass is 32.2. The second kappa shape index (κ2) is 9.50. The Balaban J connectivity index is 2.03. The molecule has 1 aromatic heterocycles. The smallest absolute Gasteiger partial charge is 0.317 e. The lowest BCUT2D eigenvalue weighted by Gasteiger charge is -2.22. The normalized spacial score (nSPS) is 11.9. The third kappa shape index (κ3) is 5.09. The molecule has 0 atom stereocenters. The van der Waals surface area contributed by atoms with Gasteiger partial charge in [-0.2, -0.15) is 5.10 Å². The molecule has 0 amide bonds. The molecule has 8 nitrogen and oxygen atoms in total. The Morgan fingerprint density at radius 2 is 1.59 bits per heavy atom. The number of esters is 1. The average molecular weight is 487 g/mol. The number of rotatable bonds is 7. The second-order valence-corrected chi connectivity index (χ2v) is 10.8. The molecule has 0 aliphatic heterocycles. The summed E-state index contributed by atoms with van der Waals surface area (Å²) in [6, 6.07) is 11.6. The summed E-state index contributed by atoms with van der Waals surface area (Å²) in [6.45, 7) is 9.03. The highest BCUT2D eigenvalue weighted by molar-refractivity contribution is 7.91. The topological polar surface area (TPSA) is 96.7 Å². The molecule has 34 heavy (non-hydrogen) atoms. The Kier molecular flexibility index (Phi) is 7.07. The van der Waals surface area contributed by atoms with E-state index in [1.165, 1.54) is 31.0 Å². The molecule has 0 saturated carbocycles. The van der Waals surface area contributed by atoms with Crippen LogP contribution < -0.4 is 14.2 Å². The van der Waals surface area contributed by atoms with Gasteiger partial charge in [-0.15, -0.1) is 0 Å². The van der Waals surface area contributed by atoms with Gasteiger partial charge in [0.2, 0.25) is 15.7 Å². The lowest BCUT2D eigenvalue weighted by atomic mass is 10.1. The van der Waals surface area contributed by atoms with E-state index in [2.05, 4.69) is 5.10 Å². The third-order valence-corrected chi connectivity index (χ3v) is 7.11. The van der Waals surface area contributed by atoms with Gasteiger partial charge in [0.1, 0.15) is 0 Å². The fourth-order valence-electron chi connectivity index (χ4n) is 3.48. The van der Waals surface area contributed by atoms with Crippen LogP contribution in [-0.4, -0.2) is 38.4 Å². The van der Waals surface area contributed by atoms with Gasteiger partial charge in [0.25, 0.3) is 0 Å². The quantitative estimate of drug-likeness (QED) is 0.461. The molecule has 0 saturated heterocycles. The van der Waals surface area contributed by atoms with E-state index in [1.54, 1.807) is 37.3 Å². The predicted octanol–water partition coefficient (Wildman–Crippen LogP) is 4.25. The van der Waals surface area contributed by atoms with Crippen molar-refractivity contribution in [3.8, 4) is 17.4 Å². The summed E-state index contributed by atoms with van der Waals surface area (Å²) in [5.74, 6) is 0.285. The summed E-state index contributed by atoms with van der Waals surface area (Å²) in [5.41, 5.74) is 1.18. The molecule has 0 spiro atoms. The van der Waals surface area contributed by atoms with Crippen LogP contribution in [0.5, 0.6) is 17.4 Å². The summed E-state index contributed by atoms with van der Waals surface area (Å²) >= 11 is 0. The van der Waals surface area contributed by atoms with Gasteiger partial charge in [0.05, 0.1) is 36.8 Å². The van der Waals surface area contributed by atoms with Gasteiger partial charge >= 0.3 is 5.97 Å². The van der Waals surface area contributed by atoms with E-state index in [0.29, 0.717) is 17.1 Å². The fraction of sp³-hybridized carbons (Fsp3) is 0.360. The number of methoxy groups -OCH3 is 2. The molecule has 0 aliphatic rings. The van der Waals surface area contributed by atoms with E-state index >= 15 is 0 Å². The van der Waals surface area contributed by atoms with Crippen LogP contribution in [0.15, 0.2) is 52.3 Å². The van der Waals surface area contributed by atoms with E-state index in [-0.39, 0.29) is 27.8 Å². The minimum atomic E-state index is -3.99. The fourth-order valence-corrected chi connectivity index (χ4v) is 5.00. The van der Waals surface area contributed by atoms with Crippen molar-refractivity contribution in [3.63, 3.8) is 0 Å². The van der Waals surface area contributed by atoms with Crippen molar-refractivity contribution in [2.45, 2.75) is 56.4 Å². The summed E-state index contributed by atoms with van der Waals surface area (Å²) in [6.07, 6.45) is -0.0985. The number of hydrogen-bond acceptors (Lipinski definition) is 7. The molecule has 0 unspecified atom stereocenters. The Morgan fingerprint density at radius 3 is 2.15 bits per heavy atom. The number of sulfone groups is 1. The van der Waals surface area contributed by atoms with Crippen LogP contribution in [-0.2, 0) is 26.6 Å². The zero-order valence-electron chi connectivity index (χ0n) is 20.5. The maximum absolute atomic E-state index is 13.5. The maximum Gasteiger partial charge on any atom is 0.317 e. The molecular formula is C25H30N2O6S. The monoisotopic (exact) mass is 486 g/mol. The number of benzene rings is 2. The lowest BCUT2D eigenvalue weighted by Crippen LogP contribution is -2.26. The van der Waals surface area contributed by atoms with Crippen LogP contribution in [0, 0.1) is 13.8 Å². The number of ether oxygens (including phenoxy) is 3. The van der Waals surface area contributed by atoms with Gasteiger partial charge in [-0.05, 0) is 64.4 Å². The first-order chi connectivity index (χ1) is 15.9. The Labute approximate surface area is 200 Å². The number of aromatic nitrogens is 2. The van der Waals surface area contributed by atoms with Crippen LogP contribution in [0.2, 0.25) is 0 Å². The Bertz CT molecular complexity index is 1300. The first-order valence-corrected chi connectivity index (χ1v) is 12.2. The Hall–Kier alpha value is -3.33. The van der Waals surface area contributed by atoms with Gasteiger partial charge in [-0.25, -0.2) is 13.1 Å². The molecule has 9 heteroatoms. The first-order valence-electron chi connectivity index (χ1n) is 10.7. The van der Waals surface area contributed by atoms with Crippen molar-refractivity contribution in [1.82, 2.24) is 9.78 Å². The standard InChI is InChI=1S/C25H30N2O6S/c1-16-8-11-19(12-9-16)34(29,30)23-17(2)26-27(25(3,4)5)24(23)33-22(28)15-18-10-13-20(31-6)21(14-18)32-7/h8-14H,15H2,1-7H3. The molecule has 0 N–H and O–H groups in total. The molecule has 0 aliphatic carbocycles. The minimum Gasteiger partial charge on any atom is -0.493 e. The largest absolute Gasteiger partial charge is 0.493 e. The SMILES string of the molecule is COc1ccc(CC(=O)Oc2c(S(=O)(=O)c3ccc(C)cc3)c(C)nn2C(C)(C)C)cc1OC. The van der Waals surface area contributed by atoms with E-state index < -0.39 is 21.3 Å². The first kappa shape index (κ1) is 25.3. The molecule has 3 aromatic rings. The van der Waals surface area contributed by atoms with Crippen molar-refractivity contribution in [2.24, 2.45) is 0 Å². The molecule has 0 radical (unpaired) electrons. The number of hydrogen-bond donors (Lipinski definition) is 0. The van der Waals surface area contributed by atoms with Crippen molar-refractivity contribution in [2.75, 3.05) is 14.2 Å². The zero-order chi connectivity index (χ0) is 25.3. The predicted molar refractivity (Wildman–Crippen MR) is 127 cm³/mol. The summed E-state index contributed by atoms with van der Waals surface area (Å²) < 4.78 is 44.8. The van der Waals surface area contributed by atoms with Crippen molar-refractivity contribution < 1.29 is 27.4 Å². The van der Waals surface area contributed by atoms with Gasteiger partial charge in [0.15, 0.2) is 16.4 Å². The van der Waals surface area contributed by atoms with Crippen molar-refractivity contribution in [1.29, 1.82) is 0 Å². The highest BCUT2D eigenvalue weighted by Gasteiger charge is 2.34. The maximum atomic E-state index is 13.5. The van der Waals surface area contributed by atoms with Crippen LogP contribution in [0.4, 0.5) is 0 Å². The molecule has 182 valence electrons. The number of aryl methyl sites for hydroxylation is 2. The lowest BCUT2D eigenvalue weighted by molar-refractivity contribution is -0.134. The van der Waals surface area contributed by atoms with Crippen molar-refractivity contribution in [3.05, 3.63) is 59.3 Å². The van der Waals surface area contributed by atoms with Gasteiger partial charge in [-0.1, -0.05) is 23.8 Å². The Morgan fingerprint density at radius 1 is 0.971 bits per heavy atom. The molecule has 1 heterocycles. The summed E-state index contributed by atoms with van der Waals surface area (Å²) in [7, 11) is -0.959. The molecule has 0 fully saturated rings. The molecular weight excluding hydrogens is 456 g/mol.